The summed E-state index contributed by atoms with van der Waals surface area (Å²) in [7, 11) is 1.10. The summed E-state index contributed by atoms with van der Waals surface area (Å²) >= 11 is 17.7. The number of halogens is 4. The van der Waals surface area contributed by atoms with Crippen LogP contribution in [0.1, 0.15) is 31.1 Å². The molecule has 4 nitrogen and oxygen atoms in total. The first-order valence-corrected chi connectivity index (χ1v) is 8.73. The fraction of sp³-hybridized carbons (Fsp3) is 0.364. The lowest BCUT2D eigenvalue weighted by Gasteiger charge is -2.22. The van der Waals surface area contributed by atoms with Gasteiger partial charge < -0.3 is 5.32 Å². The standard InChI is InChI=1S/C11H11Cl4NO3S/c1-11(2,3)16-10(17)7-8(13)5(12)4-6(9(7)14)20(15,18)19/h4H,1-3H3,(H,16,17). The van der Waals surface area contributed by atoms with Gasteiger partial charge in [-0.1, -0.05) is 34.8 Å². The van der Waals surface area contributed by atoms with Crippen LogP contribution in [0, 0.1) is 0 Å². The van der Waals surface area contributed by atoms with E-state index in [1.165, 1.54) is 0 Å². The Morgan fingerprint density at radius 1 is 1.15 bits per heavy atom. The maximum absolute atomic E-state index is 12.2. The molecule has 0 atom stereocenters. The first-order chi connectivity index (χ1) is 8.84. The van der Waals surface area contributed by atoms with Gasteiger partial charge in [0.2, 0.25) is 0 Å². The molecule has 1 aromatic carbocycles. The van der Waals surface area contributed by atoms with Gasteiger partial charge in [0, 0.05) is 16.2 Å². The van der Waals surface area contributed by atoms with Crippen molar-refractivity contribution in [2.75, 3.05) is 0 Å². The van der Waals surface area contributed by atoms with E-state index in [1.807, 2.05) is 0 Å². The lowest BCUT2D eigenvalue weighted by atomic mass is 10.1. The maximum Gasteiger partial charge on any atom is 0.262 e. The molecule has 1 rings (SSSR count). The molecule has 0 aliphatic rings. The van der Waals surface area contributed by atoms with Crippen LogP contribution in [0.15, 0.2) is 11.0 Å². The van der Waals surface area contributed by atoms with Gasteiger partial charge in [-0.2, -0.15) is 0 Å². The first kappa shape index (κ1) is 17.9. The Labute approximate surface area is 136 Å². The second-order valence-electron chi connectivity index (χ2n) is 5.00. The summed E-state index contributed by atoms with van der Waals surface area (Å²) in [6, 6.07) is 1.00. The minimum atomic E-state index is -4.16. The van der Waals surface area contributed by atoms with Gasteiger partial charge in [0.1, 0.15) is 4.90 Å². The van der Waals surface area contributed by atoms with E-state index in [-0.39, 0.29) is 20.6 Å². The van der Waals surface area contributed by atoms with E-state index >= 15 is 0 Å². The smallest absolute Gasteiger partial charge is 0.262 e. The Morgan fingerprint density at radius 2 is 1.65 bits per heavy atom. The van der Waals surface area contributed by atoms with Crippen LogP contribution in [0.5, 0.6) is 0 Å². The molecule has 20 heavy (non-hydrogen) atoms. The molecule has 0 heterocycles. The number of benzene rings is 1. The quantitative estimate of drug-likeness (QED) is 0.622. The first-order valence-electron chi connectivity index (χ1n) is 5.29. The number of nitrogens with one attached hydrogen (secondary N) is 1. The Morgan fingerprint density at radius 3 is 2.05 bits per heavy atom. The number of hydrogen-bond donors (Lipinski definition) is 1. The highest BCUT2D eigenvalue weighted by Gasteiger charge is 2.27. The highest BCUT2D eigenvalue weighted by atomic mass is 35.7. The molecular weight excluding hydrogens is 368 g/mol. The molecule has 0 aromatic heterocycles. The Bertz CT molecular complexity index is 665. The number of rotatable bonds is 2. The van der Waals surface area contributed by atoms with Gasteiger partial charge in [0.25, 0.3) is 15.0 Å². The van der Waals surface area contributed by atoms with Crippen molar-refractivity contribution in [2.45, 2.75) is 31.2 Å². The highest BCUT2D eigenvalue weighted by molar-refractivity contribution is 8.13. The Kier molecular flexibility index (Phi) is 5.26. The number of hydrogen-bond acceptors (Lipinski definition) is 3. The van der Waals surface area contributed by atoms with Gasteiger partial charge in [0.15, 0.2) is 0 Å². The van der Waals surface area contributed by atoms with E-state index in [4.69, 9.17) is 45.5 Å². The molecule has 0 radical (unpaired) electrons. The van der Waals surface area contributed by atoms with Crippen LogP contribution in [0.4, 0.5) is 0 Å². The molecule has 9 heteroatoms. The van der Waals surface area contributed by atoms with Crippen molar-refractivity contribution < 1.29 is 13.2 Å². The number of amides is 1. The topological polar surface area (TPSA) is 63.2 Å². The van der Waals surface area contributed by atoms with Crippen LogP contribution in [0.25, 0.3) is 0 Å². The van der Waals surface area contributed by atoms with Crippen LogP contribution in [-0.2, 0) is 9.05 Å². The summed E-state index contributed by atoms with van der Waals surface area (Å²) in [5.41, 5.74) is -0.790. The van der Waals surface area contributed by atoms with Gasteiger partial charge in [-0.05, 0) is 26.8 Å². The second-order valence-corrected chi connectivity index (χ2v) is 8.70. The zero-order valence-corrected chi connectivity index (χ0v) is 14.6. The van der Waals surface area contributed by atoms with Crippen LogP contribution >= 0.6 is 45.5 Å². The zero-order chi connectivity index (χ0) is 15.9. The minimum Gasteiger partial charge on any atom is -0.347 e. The molecule has 0 saturated carbocycles. The molecule has 0 aliphatic heterocycles. The van der Waals surface area contributed by atoms with Crippen LogP contribution < -0.4 is 5.32 Å². The largest absolute Gasteiger partial charge is 0.347 e. The van der Waals surface area contributed by atoms with Crippen molar-refractivity contribution in [3.63, 3.8) is 0 Å². The summed E-state index contributed by atoms with van der Waals surface area (Å²) in [5, 5.41) is 1.99. The molecule has 0 unspecified atom stereocenters. The van der Waals surface area contributed by atoms with Gasteiger partial charge in [-0.3, -0.25) is 4.79 Å². The normalized spacial score (nSPS) is 12.3. The molecule has 1 N–H and O–H groups in total. The van der Waals surface area contributed by atoms with Gasteiger partial charge in [-0.25, -0.2) is 8.42 Å². The molecule has 0 fully saturated rings. The molecular formula is C11H11Cl4NO3S. The fourth-order valence-corrected chi connectivity index (χ4v) is 3.51. The van der Waals surface area contributed by atoms with Crippen LogP contribution in [0.2, 0.25) is 15.1 Å². The van der Waals surface area contributed by atoms with Crippen molar-refractivity contribution in [1.29, 1.82) is 0 Å². The minimum absolute atomic E-state index is 0.130. The third-order valence-corrected chi connectivity index (χ3v) is 4.74. The third kappa shape index (κ3) is 4.15. The maximum atomic E-state index is 12.2. The van der Waals surface area contributed by atoms with Crippen molar-refractivity contribution >= 4 is 60.4 Å². The summed E-state index contributed by atoms with van der Waals surface area (Å²) in [6.07, 6.45) is 0. The number of carbonyl (C=O) groups excluding carboxylic acids is 1. The van der Waals surface area contributed by atoms with E-state index in [9.17, 15) is 13.2 Å². The van der Waals surface area contributed by atoms with Crippen LogP contribution in [-0.4, -0.2) is 19.9 Å². The number of carbonyl (C=O) groups is 1. The molecule has 0 bridgehead atoms. The fourth-order valence-electron chi connectivity index (χ4n) is 1.36. The molecule has 0 aliphatic carbocycles. The summed E-state index contributed by atoms with van der Waals surface area (Å²) < 4.78 is 22.8. The monoisotopic (exact) mass is 377 g/mol. The van der Waals surface area contributed by atoms with Crippen LogP contribution in [0.3, 0.4) is 0 Å². The molecule has 112 valence electrons. The summed E-state index contributed by atoms with van der Waals surface area (Å²) in [4.78, 5) is 11.7. The third-order valence-electron chi connectivity index (χ3n) is 2.10. The molecule has 1 aromatic rings. The average Bonchev–Trinajstić information content (AvgIpc) is 2.19. The van der Waals surface area contributed by atoms with E-state index in [0.29, 0.717) is 0 Å². The van der Waals surface area contributed by atoms with Gasteiger partial charge in [0.05, 0.1) is 20.6 Å². The van der Waals surface area contributed by atoms with Crippen molar-refractivity contribution in [3.05, 3.63) is 26.7 Å². The van der Waals surface area contributed by atoms with E-state index in [2.05, 4.69) is 5.32 Å². The summed E-state index contributed by atoms with van der Waals surface area (Å²) in [6.45, 7) is 5.24. The van der Waals surface area contributed by atoms with E-state index in [0.717, 1.165) is 6.07 Å². The summed E-state index contributed by atoms with van der Waals surface area (Å²) in [5.74, 6) is -0.642. The molecule has 1 amide bonds. The second kappa shape index (κ2) is 5.89. The Hall–Kier alpha value is -0.200. The van der Waals surface area contributed by atoms with E-state index < -0.39 is 25.4 Å². The SMILES string of the molecule is CC(C)(C)NC(=O)c1c(Cl)c(Cl)cc(S(=O)(=O)Cl)c1Cl. The van der Waals surface area contributed by atoms with Crippen molar-refractivity contribution in [3.8, 4) is 0 Å². The average molecular weight is 379 g/mol. The Balaban J connectivity index is 3.55. The highest BCUT2D eigenvalue weighted by Crippen LogP contribution is 2.38. The van der Waals surface area contributed by atoms with Gasteiger partial charge in [-0.15, -0.1) is 0 Å². The van der Waals surface area contributed by atoms with E-state index in [1.54, 1.807) is 20.8 Å². The predicted octanol–water partition coefficient (Wildman–Crippen LogP) is 4.10. The molecule has 0 saturated heterocycles. The van der Waals surface area contributed by atoms with Crippen molar-refractivity contribution in [1.82, 2.24) is 5.32 Å². The zero-order valence-electron chi connectivity index (χ0n) is 10.7. The predicted molar refractivity (Wildman–Crippen MR) is 81.7 cm³/mol. The van der Waals surface area contributed by atoms with Gasteiger partial charge >= 0.3 is 0 Å². The van der Waals surface area contributed by atoms with Crippen molar-refractivity contribution in [2.24, 2.45) is 0 Å². The lowest BCUT2D eigenvalue weighted by molar-refractivity contribution is 0.0919. The molecule has 0 spiro atoms. The lowest BCUT2D eigenvalue weighted by Crippen LogP contribution is -2.40.